The van der Waals surface area contributed by atoms with Crippen molar-refractivity contribution < 1.29 is 29.7 Å². The molecule has 0 saturated carbocycles. The van der Waals surface area contributed by atoms with Crippen LogP contribution in [-0.4, -0.2) is 40.4 Å². The van der Waals surface area contributed by atoms with E-state index in [0.717, 1.165) is 18.2 Å². The molecule has 0 spiro atoms. The third kappa shape index (κ3) is 94.6. The molecule has 6 nitrogen and oxygen atoms in total. The summed E-state index contributed by atoms with van der Waals surface area (Å²) in [7, 11) is 0. The SMILES string of the molecule is C=CC(=O)[O-].C=CC(=O)[O-].C=CC(=O)[O-].CCC[CH2][Sn+3]. The molecule has 0 saturated heterocycles. The molecular formula is C13H18O6Sn. The van der Waals surface area contributed by atoms with Gasteiger partial charge in [-0.1, -0.05) is 19.7 Å². The summed E-state index contributed by atoms with van der Waals surface area (Å²) in [6, 6.07) is 0. The number of carboxylic acid groups (broad SMARTS) is 3. The van der Waals surface area contributed by atoms with Crippen LogP contribution in [-0.2, 0) is 14.4 Å². The second-order valence-electron chi connectivity index (χ2n) is 2.67. The molecule has 0 amide bonds. The number of carboxylic acids is 3. The van der Waals surface area contributed by atoms with E-state index in [1.807, 2.05) is 0 Å². The fourth-order valence-corrected chi connectivity index (χ4v) is 1.19. The van der Waals surface area contributed by atoms with E-state index >= 15 is 0 Å². The van der Waals surface area contributed by atoms with E-state index < -0.39 is 17.9 Å². The van der Waals surface area contributed by atoms with Crippen molar-refractivity contribution in [1.29, 1.82) is 0 Å². The maximum atomic E-state index is 9.14. The van der Waals surface area contributed by atoms with E-state index in [-0.39, 0.29) is 0 Å². The molecule has 0 aromatic carbocycles. The fourth-order valence-electron chi connectivity index (χ4n) is 0.177. The Morgan fingerprint density at radius 2 is 1.10 bits per heavy atom. The van der Waals surface area contributed by atoms with Crippen molar-refractivity contribution in [3.63, 3.8) is 0 Å². The van der Waals surface area contributed by atoms with Crippen molar-refractivity contribution in [2.24, 2.45) is 0 Å². The minimum atomic E-state index is -1.23. The van der Waals surface area contributed by atoms with Gasteiger partial charge in [0, 0.05) is 0 Å². The van der Waals surface area contributed by atoms with Crippen LogP contribution in [0.4, 0.5) is 0 Å². The van der Waals surface area contributed by atoms with Gasteiger partial charge in [0.1, 0.15) is 0 Å². The number of carbonyl (C=O) groups excluding carboxylic acids is 3. The van der Waals surface area contributed by atoms with Gasteiger partial charge in [-0.25, -0.2) is 0 Å². The van der Waals surface area contributed by atoms with Crippen LogP contribution in [0.15, 0.2) is 38.0 Å². The third-order valence-electron chi connectivity index (χ3n) is 1.03. The van der Waals surface area contributed by atoms with Gasteiger partial charge in [-0.05, 0) is 18.2 Å². The molecule has 0 aliphatic heterocycles. The average molecular weight is 389 g/mol. The van der Waals surface area contributed by atoms with Crippen molar-refractivity contribution in [1.82, 2.24) is 0 Å². The summed E-state index contributed by atoms with van der Waals surface area (Å²) in [5.41, 5.74) is 0. The zero-order valence-electron chi connectivity index (χ0n) is 11.4. The first kappa shape index (κ1) is 26.9. The van der Waals surface area contributed by atoms with Gasteiger partial charge in [0.25, 0.3) is 0 Å². The average Bonchev–Trinajstić information content (AvgIpc) is 2.41. The van der Waals surface area contributed by atoms with Gasteiger partial charge in [0.15, 0.2) is 0 Å². The second-order valence-corrected chi connectivity index (χ2v) is 4.10. The van der Waals surface area contributed by atoms with Gasteiger partial charge in [-0.15, -0.1) is 0 Å². The number of carbonyl (C=O) groups is 3. The molecule has 110 valence electrons. The summed E-state index contributed by atoms with van der Waals surface area (Å²) in [4.78, 5) is 27.4. The van der Waals surface area contributed by atoms with Gasteiger partial charge >= 0.3 is 46.7 Å². The molecule has 0 fully saturated rings. The second kappa shape index (κ2) is 26.1. The Balaban J connectivity index is -0.0000000853. The van der Waals surface area contributed by atoms with E-state index in [9.17, 15) is 0 Å². The molecule has 0 aromatic rings. The van der Waals surface area contributed by atoms with Crippen molar-refractivity contribution >= 4 is 40.4 Å². The first-order valence-corrected chi connectivity index (χ1v) is 7.39. The maximum absolute atomic E-state index is 9.14. The van der Waals surface area contributed by atoms with E-state index in [1.54, 1.807) is 22.5 Å². The van der Waals surface area contributed by atoms with Gasteiger partial charge in [0.05, 0.1) is 17.9 Å². The molecule has 0 rings (SSSR count). The first-order chi connectivity index (χ1) is 9.22. The van der Waals surface area contributed by atoms with E-state index in [2.05, 4.69) is 26.7 Å². The van der Waals surface area contributed by atoms with Gasteiger partial charge in [-0.2, -0.15) is 0 Å². The number of unbranched alkanes of at least 4 members (excludes halogenated alkanes) is 1. The van der Waals surface area contributed by atoms with E-state index in [0.29, 0.717) is 0 Å². The molecule has 7 heteroatoms. The van der Waals surface area contributed by atoms with Crippen LogP contribution in [0.5, 0.6) is 0 Å². The molecule has 0 aliphatic rings. The molecule has 0 heterocycles. The zero-order valence-corrected chi connectivity index (χ0v) is 14.3. The summed E-state index contributed by atoms with van der Waals surface area (Å²) < 4.78 is 1.43. The van der Waals surface area contributed by atoms with Crippen molar-refractivity contribution in [3.8, 4) is 0 Å². The summed E-state index contributed by atoms with van der Waals surface area (Å²) in [5, 5.41) is 27.4. The van der Waals surface area contributed by atoms with Crippen LogP contribution in [0.25, 0.3) is 0 Å². The molecule has 0 radical (unpaired) electrons. The standard InChI is InChI=1S/C4H9.3C3H4O2.Sn/c1-3-4-2;3*1-2-3(4)5;/h1,3-4H2,2H3;3*2H,1H2,(H,4,5);/q;;;;+3/p-3. The Morgan fingerprint density at radius 1 is 0.900 bits per heavy atom. The Hall–Kier alpha value is -1.57. The van der Waals surface area contributed by atoms with E-state index in [4.69, 9.17) is 29.7 Å². The summed E-state index contributed by atoms with van der Waals surface area (Å²) in [5.74, 6) is -3.69. The summed E-state index contributed by atoms with van der Waals surface area (Å²) in [6.07, 6.45) is 4.96. The quantitative estimate of drug-likeness (QED) is 0.402. The van der Waals surface area contributed by atoms with Crippen molar-refractivity contribution in [2.75, 3.05) is 0 Å². The Labute approximate surface area is 132 Å². The topological polar surface area (TPSA) is 120 Å². The molecule has 0 unspecified atom stereocenters. The Bertz CT molecular complexity index is 254. The monoisotopic (exact) mass is 390 g/mol. The molecule has 0 bridgehead atoms. The minimum absolute atomic E-state index is 0.722. The number of rotatable bonds is 5. The van der Waals surface area contributed by atoms with Gasteiger partial charge in [0.2, 0.25) is 0 Å². The van der Waals surface area contributed by atoms with Crippen LogP contribution in [0.1, 0.15) is 19.8 Å². The normalized spacial score (nSPS) is 6.95. The van der Waals surface area contributed by atoms with Crippen LogP contribution in [0.3, 0.4) is 0 Å². The first-order valence-electron chi connectivity index (χ1n) is 5.38. The van der Waals surface area contributed by atoms with Crippen LogP contribution in [0.2, 0.25) is 4.44 Å². The summed E-state index contributed by atoms with van der Waals surface area (Å²) >= 11 is 1.68. The Morgan fingerprint density at radius 3 is 1.10 bits per heavy atom. The molecule has 0 aliphatic carbocycles. The zero-order chi connectivity index (χ0) is 17.0. The van der Waals surface area contributed by atoms with Gasteiger partial charge < -0.3 is 29.7 Å². The number of hydrogen-bond donors (Lipinski definition) is 0. The van der Waals surface area contributed by atoms with Crippen LogP contribution >= 0.6 is 0 Å². The molecule has 0 atom stereocenters. The predicted octanol–water partition coefficient (Wildman–Crippen LogP) is -1.86. The molecule has 0 N–H and O–H groups in total. The van der Waals surface area contributed by atoms with Crippen LogP contribution in [0, 0.1) is 0 Å². The summed E-state index contributed by atoms with van der Waals surface area (Å²) in [6.45, 7) is 10.9. The van der Waals surface area contributed by atoms with Crippen molar-refractivity contribution in [2.45, 2.75) is 24.2 Å². The molecule has 0 aromatic heterocycles. The van der Waals surface area contributed by atoms with Crippen LogP contribution < -0.4 is 15.3 Å². The Kier molecular flexibility index (Phi) is 35.1. The van der Waals surface area contributed by atoms with Crippen molar-refractivity contribution in [3.05, 3.63) is 38.0 Å². The molecule has 20 heavy (non-hydrogen) atoms. The van der Waals surface area contributed by atoms with E-state index in [1.165, 1.54) is 17.3 Å². The number of hydrogen-bond acceptors (Lipinski definition) is 6. The predicted molar refractivity (Wildman–Crippen MR) is 71.1 cm³/mol. The molecular weight excluding hydrogens is 371 g/mol. The van der Waals surface area contributed by atoms with Gasteiger partial charge in [-0.3, -0.25) is 0 Å². The fraction of sp³-hybridized carbons (Fsp3) is 0.308. The third-order valence-corrected chi connectivity index (χ3v) is 2.04. The number of aliphatic carboxylic acids is 3.